The minimum absolute atomic E-state index is 0.0698. The van der Waals surface area contributed by atoms with Crippen LogP contribution in [0, 0.1) is 11.3 Å². The molecule has 0 spiro atoms. The Kier molecular flexibility index (Phi) is 7.49. The van der Waals surface area contributed by atoms with Gasteiger partial charge in [0, 0.05) is 61.1 Å². The quantitative estimate of drug-likeness (QED) is 0.242. The minimum Gasteiger partial charge on any atom is -0.478 e. The van der Waals surface area contributed by atoms with Gasteiger partial charge in [0.2, 0.25) is 0 Å². The van der Waals surface area contributed by atoms with Crippen LogP contribution in [-0.2, 0) is 0 Å². The molecule has 7 nitrogen and oxygen atoms in total. The third-order valence-electron chi connectivity index (χ3n) is 8.75. The van der Waals surface area contributed by atoms with Crippen molar-refractivity contribution < 1.29 is 14.6 Å². The second-order valence-electron chi connectivity index (χ2n) is 11.6. The summed E-state index contributed by atoms with van der Waals surface area (Å²) in [4.78, 5) is 24.3. The number of allylic oxidation sites excluding steroid dienone is 2. The molecule has 1 atom stereocenters. The van der Waals surface area contributed by atoms with Gasteiger partial charge < -0.3 is 19.7 Å². The molecule has 6 rings (SSSR count). The number of halogens is 1. The largest absolute Gasteiger partial charge is 0.478 e. The normalized spacial score (nSPS) is 19.2. The van der Waals surface area contributed by atoms with Gasteiger partial charge in [0.25, 0.3) is 0 Å². The molecule has 3 heterocycles. The molecule has 0 saturated carbocycles. The first-order valence-electron chi connectivity index (χ1n) is 14.2. The second kappa shape index (κ2) is 11.2. The highest BCUT2D eigenvalue weighted by molar-refractivity contribution is 6.30. The fourth-order valence-corrected chi connectivity index (χ4v) is 6.41. The van der Waals surface area contributed by atoms with E-state index >= 15 is 0 Å². The zero-order valence-electron chi connectivity index (χ0n) is 23.4. The number of carboxylic acid groups (broad SMARTS) is 1. The van der Waals surface area contributed by atoms with E-state index in [0.717, 1.165) is 60.9 Å². The molecule has 2 aromatic heterocycles. The summed E-state index contributed by atoms with van der Waals surface area (Å²) < 4.78 is 6.07. The smallest absolute Gasteiger partial charge is 0.339 e. The number of pyridine rings is 1. The van der Waals surface area contributed by atoms with Crippen molar-refractivity contribution in [1.29, 1.82) is 0 Å². The molecule has 0 radical (unpaired) electrons. The van der Waals surface area contributed by atoms with E-state index in [9.17, 15) is 9.90 Å². The summed E-state index contributed by atoms with van der Waals surface area (Å²) in [5, 5.41) is 11.5. The van der Waals surface area contributed by atoms with Crippen molar-refractivity contribution in [2.75, 3.05) is 37.6 Å². The number of nitrogens with one attached hydrogen (secondary N) is 1. The Morgan fingerprint density at radius 1 is 1.10 bits per heavy atom. The van der Waals surface area contributed by atoms with Crippen LogP contribution in [0.3, 0.4) is 0 Å². The van der Waals surface area contributed by atoms with Crippen LogP contribution in [0.1, 0.15) is 42.6 Å². The number of rotatable bonds is 7. The van der Waals surface area contributed by atoms with Gasteiger partial charge in [-0.1, -0.05) is 43.7 Å². The summed E-state index contributed by atoms with van der Waals surface area (Å²) in [5.41, 5.74) is 4.61. The van der Waals surface area contributed by atoms with Crippen molar-refractivity contribution in [3.63, 3.8) is 0 Å². The topological polar surface area (TPSA) is 81.7 Å². The Labute approximate surface area is 245 Å². The fourth-order valence-electron chi connectivity index (χ4n) is 6.28. The van der Waals surface area contributed by atoms with Gasteiger partial charge in [-0.05, 0) is 71.7 Å². The first kappa shape index (κ1) is 27.4. The molecule has 41 heavy (non-hydrogen) atoms. The molecule has 0 amide bonds. The van der Waals surface area contributed by atoms with Crippen molar-refractivity contribution in [2.45, 2.75) is 26.7 Å². The van der Waals surface area contributed by atoms with Gasteiger partial charge in [-0.15, -0.1) is 0 Å². The number of piperazine rings is 1. The summed E-state index contributed by atoms with van der Waals surface area (Å²) >= 11 is 6.15. The van der Waals surface area contributed by atoms with Crippen LogP contribution in [0.2, 0.25) is 5.02 Å². The maximum absolute atomic E-state index is 12.0. The number of benzene rings is 2. The van der Waals surface area contributed by atoms with Crippen LogP contribution in [-0.4, -0.2) is 58.7 Å². The molecule has 1 fully saturated rings. The predicted molar refractivity (Wildman–Crippen MR) is 164 cm³/mol. The molecule has 212 valence electrons. The Bertz CT molecular complexity index is 1590. The number of fused-ring (bicyclic) bond motifs is 1. The zero-order chi connectivity index (χ0) is 28.6. The van der Waals surface area contributed by atoms with Crippen LogP contribution < -0.4 is 9.64 Å². The summed E-state index contributed by atoms with van der Waals surface area (Å²) in [6, 6.07) is 17.4. The number of aromatic nitrogens is 2. The molecule has 1 aliphatic heterocycles. The van der Waals surface area contributed by atoms with E-state index in [-0.39, 0.29) is 11.0 Å². The average molecular weight is 571 g/mol. The number of carboxylic acids is 1. The molecule has 1 unspecified atom stereocenters. The van der Waals surface area contributed by atoms with E-state index in [4.69, 9.17) is 16.3 Å². The van der Waals surface area contributed by atoms with Crippen molar-refractivity contribution in [3.8, 4) is 11.5 Å². The summed E-state index contributed by atoms with van der Waals surface area (Å²) in [6.45, 7) is 9.47. The van der Waals surface area contributed by atoms with Gasteiger partial charge >= 0.3 is 5.97 Å². The van der Waals surface area contributed by atoms with Crippen LogP contribution in [0.4, 0.5) is 5.69 Å². The number of anilines is 1. The van der Waals surface area contributed by atoms with Gasteiger partial charge in [0.1, 0.15) is 22.7 Å². The van der Waals surface area contributed by atoms with E-state index in [1.165, 1.54) is 17.6 Å². The van der Waals surface area contributed by atoms with Gasteiger partial charge in [-0.3, -0.25) is 4.90 Å². The first-order valence-corrected chi connectivity index (χ1v) is 14.6. The van der Waals surface area contributed by atoms with Crippen LogP contribution >= 0.6 is 11.6 Å². The second-order valence-corrected chi connectivity index (χ2v) is 12.0. The predicted octanol–water partition coefficient (Wildman–Crippen LogP) is 7.35. The van der Waals surface area contributed by atoms with Gasteiger partial charge in [0.15, 0.2) is 0 Å². The van der Waals surface area contributed by atoms with Crippen LogP contribution in [0.25, 0.3) is 16.6 Å². The van der Waals surface area contributed by atoms with Crippen molar-refractivity contribution in [3.05, 3.63) is 89.2 Å². The van der Waals surface area contributed by atoms with Crippen molar-refractivity contribution in [1.82, 2.24) is 14.9 Å². The number of aromatic amines is 1. The highest BCUT2D eigenvalue weighted by atomic mass is 35.5. The van der Waals surface area contributed by atoms with E-state index < -0.39 is 5.97 Å². The maximum atomic E-state index is 12.0. The Morgan fingerprint density at radius 3 is 2.63 bits per heavy atom. The molecule has 4 aromatic rings. The van der Waals surface area contributed by atoms with Crippen molar-refractivity contribution in [2.24, 2.45) is 11.3 Å². The lowest BCUT2D eigenvalue weighted by molar-refractivity contribution is 0.0694. The molecule has 2 N–H and O–H groups in total. The standard InChI is InChI=1S/C33H35ClN4O3/c1-33(2)24(4-3-5-29(33)22-6-8-25(34)9-7-22)21-37-14-16-38(17-15-37)26-10-11-28(32(39)40)30(19-26)41-27-18-23-12-13-35-31(23)36-20-27/h5-13,18-20,24H,3-4,14-17,21H2,1-2H3,(H,35,36)(H,39,40). The maximum Gasteiger partial charge on any atom is 0.339 e. The van der Waals surface area contributed by atoms with Gasteiger partial charge in [-0.25, -0.2) is 9.78 Å². The summed E-state index contributed by atoms with van der Waals surface area (Å²) in [5.74, 6) is 0.364. The first-order chi connectivity index (χ1) is 19.8. The number of hydrogen-bond donors (Lipinski definition) is 2. The van der Waals surface area contributed by atoms with Crippen molar-refractivity contribution >= 4 is 39.9 Å². The lowest BCUT2D eigenvalue weighted by atomic mass is 9.65. The number of aromatic carboxylic acids is 1. The minimum atomic E-state index is -1.02. The Morgan fingerprint density at radius 2 is 1.88 bits per heavy atom. The molecular weight excluding hydrogens is 536 g/mol. The van der Waals surface area contributed by atoms with Crippen LogP contribution in [0.15, 0.2) is 73.1 Å². The molecule has 8 heteroatoms. The Hall–Kier alpha value is -3.81. The van der Waals surface area contributed by atoms with E-state index in [1.54, 1.807) is 12.3 Å². The zero-order valence-corrected chi connectivity index (χ0v) is 24.2. The molecule has 1 saturated heterocycles. The number of hydrogen-bond acceptors (Lipinski definition) is 5. The highest BCUT2D eigenvalue weighted by Crippen LogP contribution is 2.47. The lowest BCUT2D eigenvalue weighted by Crippen LogP contribution is -2.49. The van der Waals surface area contributed by atoms with Gasteiger partial charge in [0.05, 0.1) is 6.20 Å². The van der Waals surface area contributed by atoms with Gasteiger partial charge in [-0.2, -0.15) is 0 Å². The molecular formula is C33H35ClN4O3. The fraction of sp³-hybridized carbons (Fsp3) is 0.333. The highest BCUT2D eigenvalue weighted by Gasteiger charge is 2.37. The summed E-state index contributed by atoms with van der Waals surface area (Å²) in [6.07, 6.45) is 8.11. The third-order valence-corrected chi connectivity index (χ3v) is 9.00. The monoisotopic (exact) mass is 570 g/mol. The SMILES string of the molecule is CC1(C)C(c2ccc(Cl)cc2)=CCCC1CN1CCN(c2ccc(C(=O)O)c(Oc3cnc4[nH]ccc4c3)c2)CC1. The molecule has 1 aliphatic carbocycles. The van der Waals surface area contributed by atoms with E-state index in [1.807, 2.05) is 42.6 Å². The average Bonchev–Trinajstić information content (AvgIpc) is 3.43. The van der Waals surface area contributed by atoms with Crippen LogP contribution in [0.5, 0.6) is 11.5 Å². The molecule has 0 bridgehead atoms. The molecule has 2 aliphatic rings. The molecule has 2 aromatic carbocycles. The lowest BCUT2D eigenvalue weighted by Gasteiger charge is -2.44. The number of H-pyrrole nitrogens is 1. The Balaban J connectivity index is 1.12. The van der Waals surface area contributed by atoms with E-state index in [2.05, 4.69) is 51.8 Å². The van der Waals surface area contributed by atoms with E-state index in [0.29, 0.717) is 17.4 Å². The third kappa shape index (κ3) is 5.69. The number of ether oxygens (including phenoxy) is 1. The number of nitrogens with zero attached hydrogens (tertiary/aromatic N) is 3. The number of carbonyl (C=O) groups is 1. The summed E-state index contributed by atoms with van der Waals surface area (Å²) in [7, 11) is 0.